The number of anilines is 1. The third kappa shape index (κ3) is 3.19. The van der Waals surface area contributed by atoms with Crippen molar-refractivity contribution >= 4 is 32.0 Å². The molecule has 118 valence electrons. The number of rotatable bonds is 5. The second-order valence-corrected chi connectivity index (χ2v) is 8.20. The van der Waals surface area contributed by atoms with Crippen LogP contribution in [-0.4, -0.2) is 36.8 Å². The summed E-state index contributed by atoms with van der Waals surface area (Å²) in [5, 5.41) is 14.2. The first kappa shape index (κ1) is 16.2. The average Bonchev–Trinajstić information content (AvgIpc) is 2.84. The number of hydrogen-bond donors (Lipinski definition) is 1. The van der Waals surface area contributed by atoms with Crippen LogP contribution in [0.15, 0.2) is 10.3 Å². The number of piperidine rings is 1. The second-order valence-electron chi connectivity index (χ2n) is 5.03. The first-order valence-corrected chi connectivity index (χ1v) is 9.17. The molecular weight excluding hydrogens is 314 g/mol. The van der Waals surface area contributed by atoms with E-state index in [0.29, 0.717) is 18.1 Å². The molecule has 1 aromatic heterocycles. The van der Waals surface area contributed by atoms with Crippen LogP contribution in [-0.2, 0) is 10.0 Å². The summed E-state index contributed by atoms with van der Waals surface area (Å²) in [5.74, 6) is 0. The Kier molecular flexibility index (Phi) is 4.84. The van der Waals surface area contributed by atoms with E-state index >= 15 is 0 Å². The smallest absolute Gasteiger partial charge is 0.304 e. The summed E-state index contributed by atoms with van der Waals surface area (Å²) >= 11 is 0.933. The van der Waals surface area contributed by atoms with E-state index in [9.17, 15) is 18.5 Å². The van der Waals surface area contributed by atoms with Crippen LogP contribution in [0.2, 0.25) is 0 Å². The maximum absolute atomic E-state index is 12.7. The van der Waals surface area contributed by atoms with Crippen LogP contribution in [0.1, 0.15) is 33.1 Å². The standard InChI is InChI=1S/C12H19N3O4S2/c1-3-13-12-10(15(16)17)8-11(20-12)21(18,19)14-7-5-4-6-9(14)2/h8-9,13H,3-7H2,1-2H3. The zero-order chi connectivity index (χ0) is 15.6. The highest BCUT2D eigenvalue weighted by Crippen LogP contribution is 2.39. The molecule has 0 amide bonds. The van der Waals surface area contributed by atoms with Crippen LogP contribution in [0.5, 0.6) is 0 Å². The largest absolute Gasteiger partial charge is 0.372 e. The van der Waals surface area contributed by atoms with Gasteiger partial charge in [-0.2, -0.15) is 4.31 Å². The van der Waals surface area contributed by atoms with E-state index in [2.05, 4.69) is 5.32 Å². The number of thiophene rings is 1. The van der Waals surface area contributed by atoms with Gasteiger partial charge in [0.25, 0.3) is 10.0 Å². The minimum absolute atomic E-state index is 0.0406. The molecule has 1 aromatic rings. The van der Waals surface area contributed by atoms with Crippen molar-refractivity contribution in [3.8, 4) is 0 Å². The van der Waals surface area contributed by atoms with Gasteiger partial charge in [-0.1, -0.05) is 17.8 Å². The predicted octanol–water partition coefficient (Wildman–Crippen LogP) is 2.65. The molecule has 0 radical (unpaired) electrons. The Labute approximate surface area is 128 Å². The Morgan fingerprint density at radius 3 is 2.81 bits per heavy atom. The van der Waals surface area contributed by atoms with Gasteiger partial charge >= 0.3 is 5.69 Å². The van der Waals surface area contributed by atoms with Crippen molar-refractivity contribution in [3.63, 3.8) is 0 Å². The van der Waals surface area contributed by atoms with Crippen LogP contribution in [0.3, 0.4) is 0 Å². The molecule has 0 saturated carbocycles. The SMILES string of the molecule is CCNc1sc(S(=O)(=O)N2CCCCC2C)cc1[N+](=O)[O-]. The minimum Gasteiger partial charge on any atom is -0.372 e. The molecular formula is C12H19N3O4S2. The lowest BCUT2D eigenvalue weighted by Crippen LogP contribution is -2.41. The molecule has 0 aliphatic carbocycles. The molecule has 2 heterocycles. The third-order valence-corrected chi connectivity index (χ3v) is 7.07. The van der Waals surface area contributed by atoms with Gasteiger partial charge in [-0.15, -0.1) is 0 Å². The van der Waals surface area contributed by atoms with E-state index in [1.165, 1.54) is 10.4 Å². The van der Waals surface area contributed by atoms with E-state index in [0.717, 1.165) is 30.6 Å². The van der Waals surface area contributed by atoms with Crippen molar-refractivity contribution in [2.24, 2.45) is 0 Å². The zero-order valence-corrected chi connectivity index (χ0v) is 13.7. The molecule has 1 unspecified atom stereocenters. The molecule has 1 atom stereocenters. The summed E-state index contributed by atoms with van der Waals surface area (Å²) in [6.07, 6.45) is 2.67. The Morgan fingerprint density at radius 1 is 1.52 bits per heavy atom. The highest BCUT2D eigenvalue weighted by molar-refractivity contribution is 7.91. The topological polar surface area (TPSA) is 92.6 Å². The Hall–Kier alpha value is -1.19. The maximum Gasteiger partial charge on any atom is 0.304 e. The fourth-order valence-corrected chi connectivity index (χ4v) is 5.68. The lowest BCUT2D eigenvalue weighted by molar-refractivity contribution is -0.383. The van der Waals surface area contributed by atoms with Gasteiger partial charge < -0.3 is 5.32 Å². The molecule has 9 heteroatoms. The molecule has 1 N–H and O–H groups in total. The summed E-state index contributed by atoms with van der Waals surface area (Å²) in [5.41, 5.74) is -0.176. The highest BCUT2D eigenvalue weighted by Gasteiger charge is 2.34. The minimum atomic E-state index is -3.66. The van der Waals surface area contributed by atoms with Crippen LogP contribution in [0.25, 0.3) is 0 Å². The molecule has 2 rings (SSSR count). The van der Waals surface area contributed by atoms with E-state index in [1.54, 1.807) is 0 Å². The first-order valence-electron chi connectivity index (χ1n) is 6.92. The van der Waals surface area contributed by atoms with E-state index in [1.807, 2.05) is 13.8 Å². The van der Waals surface area contributed by atoms with Crippen LogP contribution in [0.4, 0.5) is 10.7 Å². The van der Waals surface area contributed by atoms with Gasteiger partial charge in [0.15, 0.2) is 5.00 Å². The molecule has 1 aliphatic rings. The van der Waals surface area contributed by atoms with Crippen LogP contribution in [0, 0.1) is 10.1 Å². The highest BCUT2D eigenvalue weighted by atomic mass is 32.2. The number of nitrogens with one attached hydrogen (secondary N) is 1. The molecule has 0 aromatic carbocycles. The Morgan fingerprint density at radius 2 is 2.24 bits per heavy atom. The average molecular weight is 333 g/mol. The summed E-state index contributed by atoms with van der Waals surface area (Å²) < 4.78 is 26.9. The fourth-order valence-electron chi connectivity index (χ4n) is 2.45. The summed E-state index contributed by atoms with van der Waals surface area (Å²) in [6.45, 7) is 4.67. The number of hydrogen-bond acceptors (Lipinski definition) is 6. The van der Waals surface area contributed by atoms with Crippen molar-refractivity contribution in [3.05, 3.63) is 16.2 Å². The molecule has 1 saturated heterocycles. The monoisotopic (exact) mass is 333 g/mol. The van der Waals surface area contributed by atoms with Crippen LogP contribution >= 0.6 is 11.3 Å². The normalized spacial score (nSPS) is 20.4. The summed E-state index contributed by atoms with van der Waals surface area (Å²) in [7, 11) is -3.66. The summed E-state index contributed by atoms with van der Waals surface area (Å²) in [4.78, 5) is 10.5. The molecule has 21 heavy (non-hydrogen) atoms. The van der Waals surface area contributed by atoms with Gasteiger partial charge in [0, 0.05) is 25.2 Å². The third-order valence-electron chi connectivity index (χ3n) is 3.53. The van der Waals surface area contributed by atoms with Crippen molar-refractivity contribution in [2.75, 3.05) is 18.4 Å². The Bertz CT molecular complexity index is 626. The molecule has 1 fully saturated rings. The second kappa shape index (κ2) is 6.29. The Balaban J connectivity index is 2.40. The molecule has 0 bridgehead atoms. The van der Waals surface area contributed by atoms with Crippen LogP contribution < -0.4 is 5.32 Å². The van der Waals surface area contributed by atoms with E-state index < -0.39 is 14.9 Å². The predicted molar refractivity (Wildman–Crippen MR) is 82.3 cm³/mol. The van der Waals surface area contributed by atoms with Gasteiger partial charge in [0.1, 0.15) is 4.21 Å². The molecule has 0 spiro atoms. The van der Waals surface area contributed by atoms with Crippen molar-refractivity contribution < 1.29 is 13.3 Å². The zero-order valence-electron chi connectivity index (χ0n) is 12.0. The fraction of sp³-hybridized carbons (Fsp3) is 0.667. The number of nitrogens with zero attached hydrogens (tertiary/aromatic N) is 2. The van der Waals surface area contributed by atoms with E-state index in [-0.39, 0.29) is 15.9 Å². The van der Waals surface area contributed by atoms with Crippen molar-refractivity contribution in [1.82, 2.24) is 4.31 Å². The van der Waals surface area contributed by atoms with Gasteiger partial charge in [-0.05, 0) is 26.7 Å². The summed E-state index contributed by atoms with van der Waals surface area (Å²) in [6, 6.07) is 1.10. The van der Waals surface area contributed by atoms with Crippen molar-refractivity contribution in [1.29, 1.82) is 0 Å². The maximum atomic E-state index is 12.7. The van der Waals surface area contributed by atoms with Gasteiger partial charge in [-0.25, -0.2) is 8.42 Å². The lowest BCUT2D eigenvalue weighted by atomic mass is 10.1. The molecule has 7 nitrogen and oxygen atoms in total. The van der Waals surface area contributed by atoms with Crippen molar-refractivity contribution in [2.45, 2.75) is 43.4 Å². The van der Waals surface area contributed by atoms with Gasteiger partial charge in [0.2, 0.25) is 0 Å². The first-order chi connectivity index (χ1) is 9.87. The van der Waals surface area contributed by atoms with Gasteiger partial charge in [0.05, 0.1) is 4.92 Å². The number of nitro groups is 1. The van der Waals surface area contributed by atoms with Gasteiger partial charge in [-0.3, -0.25) is 10.1 Å². The number of sulfonamides is 1. The van der Waals surface area contributed by atoms with E-state index in [4.69, 9.17) is 0 Å². The quantitative estimate of drug-likeness (QED) is 0.660. The molecule has 1 aliphatic heterocycles. The lowest BCUT2D eigenvalue weighted by Gasteiger charge is -2.31.